The van der Waals surface area contributed by atoms with E-state index < -0.39 is 36.4 Å². The topological polar surface area (TPSA) is 217 Å². The van der Waals surface area contributed by atoms with E-state index in [4.69, 9.17) is 25.7 Å². The Morgan fingerprint density at radius 1 is 1.22 bits per heavy atom. The van der Waals surface area contributed by atoms with Gasteiger partial charge in [0.15, 0.2) is 5.60 Å². The molecule has 1 amide bonds. The number of piperidine rings is 1. The van der Waals surface area contributed by atoms with E-state index in [-0.39, 0.29) is 18.4 Å². The highest BCUT2D eigenvalue weighted by Gasteiger charge is 2.40. The minimum absolute atomic E-state index is 0.0440. The molecule has 0 spiro atoms. The Kier molecular flexibility index (Phi) is 9.51. The van der Waals surface area contributed by atoms with Gasteiger partial charge in [0.05, 0.1) is 25.0 Å². The van der Waals surface area contributed by atoms with Crippen molar-refractivity contribution in [3.63, 3.8) is 0 Å². The SMILES string of the molecule is C[C@@H]1CCN(C(=O)CC#N)C[C@@H]1N(C)c1ncnc2c1CCN2.O=C(O)CC(O)(CC(=O)O)C(=O)O. The summed E-state index contributed by atoms with van der Waals surface area (Å²) in [6.07, 6.45) is 1.13. The molecule has 14 heteroatoms. The maximum atomic E-state index is 12.0. The number of amides is 1. The van der Waals surface area contributed by atoms with Crippen LogP contribution in [0.4, 0.5) is 11.6 Å². The Morgan fingerprint density at radius 2 is 1.86 bits per heavy atom. The number of likely N-dealkylation sites (N-methyl/N-ethyl adjacent to an activating group) is 1. The van der Waals surface area contributed by atoms with Crippen molar-refractivity contribution < 1.29 is 39.6 Å². The van der Waals surface area contributed by atoms with Crippen molar-refractivity contribution in [1.82, 2.24) is 14.9 Å². The van der Waals surface area contributed by atoms with Crippen LogP contribution in [-0.2, 0) is 25.6 Å². The molecule has 3 heterocycles. The Labute approximate surface area is 207 Å². The van der Waals surface area contributed by atoms with E-state index in [0.717, 1.165) is 43.1 Å². The van der Waals surface area contributed by atoms with Crippen molar-refractivity contribution >= 4 is 35.5 Å². The second-order valence-electron chi connectivity index (χ2n) is 8.80. The molecule has 2 aliphatic heterocycles. The number of carbonyl (C=O) groups excluding carboxylic acids is 1. The Hall–Kier alpha value is -3.99. The second-order valence-corrected chi connectivity index (χ2v) is 8.80. The smallest absolute Gasteiger partial charge is 0.336 e. The van der Waals surface area contributed by atoms with Gasteiger partial charge >= 0.3 is 17.9 Å². The van der Waals surface area contributed by atoms with Crippen molar-refractivity contribution in [3.05, 3.63) is 11.9 Å². The first kappa shape index (κ1) is 28.2. The lowest BCUT2D eigenvalue weighted by atomic mass is 9.92. The normalized spacial score (nSPS) is 18.6. The fraction of sp³-hybridized carbons (Fsp3) is 0.591. The molecular formula is C22H30N6O8. The quantitative estimate of drug-likeness (QED) is 0.308. The first-order valence-electron chi connectivity index (χ1n) is 11.2. The number of likely N-dealkylation sites (tertiary alicyclic amines) is 1. The van der Waals surface area contributed by atoms with Crippen LogP contribution in [0.25, 0.3) is 0 Å². The molecule has 1 aromatic rings. The molecule has 0 aromatic carbocycles. The first-order valence-corrected chi connectivity index (χ1v) is 11.2. The number of carboxylic acids is 3. The minimum atomic E-state index is -2.74. The van der Waals surface area contributed by atoms with Crippen LogP contribution in [-0.4, -0.2) is 97.4 Å². The molecule has 5 N–H and O–H groups in total. The molecule has 1 aromatic heterocycles. The number of hydrogen-bond donors (Lipinski definition) is 5. The fourth-order valence-electron chi connectivity index (χ4n) is 4.23. The molecule has 3 rings (SSSR count). The molecule has 36 heavy (non-hydrogen) atoms. The average molecular weight is 507 g/mol. The molecule has 0 radical (unpaired) electrons. The summed E-state index contributed by atoms with van der Waals surface area (Å²) in [5, 5.41) is 45.8. The predicted molar refractivity (Wildman–Crippen MR) is 124 cm³/mol. The number of anilines is 2. The van der Waals surface area contributed by atoms with Gasteiger partial charge in [-0.3, -0.25) is 14.4 Å². The van der Waals surface area contributed by atoms with Crippen LogP contribution >= 0.6 is 0 Å². The van der Waals surface area contributed by atoms with Gasteiger partial charge in [-0.05, 0) is 18.8 Å². The molecule has 1 saturated heterocycles. The summed E-state index contributed by atoms with van der Waals surface area (Å²) >= 11 is 0. The largest absolute Gasteiger partial charge is 0.481 e. The number of carboxylic acid groups (broad SMARTS) is 3. The highest BCUT2D eigenvalue weighted by molar-refractivity contribution is 5.88. The van der Waals surface area contributed by atoms with E-state index in [1.165, 1.54) is 0 Å². The average Bonchev–Trinajstić information content (AvgIpc) is 3.27. The zero-order chi connectivity index (χ0) is 27.0. The number of aliphatic hydroxyl groups is 1. The van der Waals surface area contributed by atoms with Crippen LogP contribution < -0.4 is 10.2 Å². The van der Waals surface area contributed by atoms with Gasteiger partial charge in [0.1, 0.15) is 24.4 Å². The van der Waals surface area contributed by atoms with Gasteiger partial charge in [-0.25, -0.2) is 14.8 Å². The van der Waals surface area contributed by atoms with Crippen LogP contribution in [0.15, 0.2) is 6.33 Å². The van der Waals surface area contributed by atoms with Crippen LogP contribution in [0.1, 0.15) is 38.2 Å². The number of nitrogens with zero attached hydrogens (tertiary/aromatic N) is 5. The molecule has 0 aliphatic carbocycles. The highest BCUT2D eigenvalue weighted by Crippen LogP contribution is 2.31. The van der Waals surface area contributed by atoms with Crippen molar-refractivity contribution in [1.29, 1.82) is 5.26 Å². The third-order valence-corrected chi connectivity index (χ3v) is 6.21. The lowest BCUT2D eigenvalue weighted by Gasteiger charge is -2.42. The van der Waals surface area contributed by atoms with E-state index in [1.54, 1.807) is 6.33 Å². The number of aliphatic carboxylic acids is 3. The summed E-state index contributed by atoms with van der Waals surface area (Å²) in [7, 11) is 2.04. The van der Waals surface area contributed by atoms with Crippen molar-refractivity contribution in [2.75, 3.05) is 36.9 Å². The van der Waals surface area contributed by atoms with Gasteiger partial charge in [0.25, 0.3) is 0 Å². The lowest BCUT2D eigenvalue weighted by molar-refractivity contribution is -0.170. The first-order chi connectivity index (χ1) is 16.9. The number of rotatable bonds is 8. The van der Waals surface area contributed by atoms with Gasteiger partial charge < -0.3 is 35.5 Å². The van der Waals surface area contributed by atoms with E-state index in [2.05, 4.69) is 27.1 Å². The number of aromatic nitrogens is 2. The molecule has 196 valence electrons. The number of nitriles is 1. The molecule has 1 fully saturated rings. The van der Waals surface area contributed by atoms with Gasteiger partial charge in [-0.2, -0.15) is 5.26 Å². The molecular weight excluding hydrogens is 476 g/mol. The Morgan fingerprint density at radius 3 is 2.42 bits per heavy atom. The summed E-state index contributed by atoms with van der Waals surface area (Å²) in [6, 6.07) is 2.15. The number of nitrogens with one attached hydrogen (secondary N) is 1. The third kappa shape index (κ3) is 7.01. The maximum Gasteiger partial charge on any atom is 0.336 e. The van der Waals surface area contributed by atoms with E-state index in [1.807, 2.05) is 18.0 Å². The molecule has 14 nitrogen and oxygen atoms in total. The number of carbonyl (C=O) groups is 4. The highest BCUT2D eigenvalue weighted by atomic mass is 16.4. The van der Waals surface area contributed by atoms with E-state index >= 15 is 0 Å². The zero-order valence-electron chi connectivity index (χ0n) is 20.0. The second kappa shape index (κ2) is 12.1. The maximum absolute atomic E-state index is 12.0. The minimum Gasteiger partial charge on any atom is -0.481 e. The van der Waals surface area contributed by atoms with Crippen molar-refractivity contribution in [2.45, 2.75) is 50.7 Å². The van der Waals surface area contributed by atoms with Crippen LogP contribution in [0.5, 0.6) is 0 Å². The van der Waals surface area contributed by atoms with E-state index in [0.29, 0.717) is 12.5 Å². The molecule has 0 saturated carbocycles. The van der Waals surface area contributed by atoms with E-state index in [9.17, 15) is 19.2 Å². The van der Waals surface area contributed by atoms with Crippen molar-refractivity contribution in [3.8, 4) is 6.07 Å². The fourth-order valence-corrected chi connectivity index (χ4v) is 4.23. The van der Waals surface area contributed by atoms with Gasteiger partial charge in [-0.1, -0.05) is 6.92 Å². The summed E-state index contributed by atoms with van der Waals surface area (Å²) < 4.78 is 0. The third-order valence-electron chi connectivity index (χ3n) is 6.21. The van der Waals surface area contributed by atoms with Gasteiger partial charge in [-0.15, -0.1) is 0 Å². The van der Waals surface area contributed by atoms with Crippen LogP contribution in [0.2, 0.25) is 0 Å². The van der Waals surface area contributed by atoms with Crippen molar-refractivity contribution in [2.24, 2.45) is 5.92 Å². The Bertz CT molecular complexity index is 1030. The molecule has 0 bridgehead atoms. The van der Waals surface area contributed by atoms with Crippen LogP contribution in [0.3, 0.4) is 0 Å². The monoisotopic (exact) mass is 506 g/mol. The number of fused-ring (bicyclic) bond motifs is 1. The summed E-state index contributed by atoms with van der Waals surface area (Å²) in [6.45, 7) is 4.48. The molecule has 2 atom stereocenters. The van der Waals surface area contributed by atoms with Gasteiger partial charge in [0, 0.05) is 32.2 Å². The Balaban J connectivity index is 0.000000302. The van der Waals surface area contributed by atoms with Crippen LogP contribution in [0, 0.1) is 17.2 Å². The standard InChI is InChI=1S/C16H22N6O.C6H8O7/c1-11-5-8-22(14(23)3-6-17)9-13(11)21(2)16-12-4-7-18-15(12)19-10-20-16;7-3(8)1-6(13,5(11)12)2-4(9)10/h10-11,13H,3-5,7-9H2,1-2H3,(H,18,19,20);13H,1-2H2,(H,7,8)(H,9,10)(H,11,12)/t11-,13+;/m1./s1. The summed E-state index contributed by atoms with van der Waals surface area (Å²) in [5.41, 5.74) is -1.58. The summed E-state index contributed by atoms with van der Waals surface area (Å²) in [5.74, 6) is -2.76. The van der Waals surface area contributed by atoms with Gasteiger partial charge in [0.2, 0.25) is 5.91 Å². The molecule has 2 aliphatic rings. The predicted octanol–water partition coefficient (Wildman–Crippen LogP) is -0.217. The lowest BCUT2D eigenvalue weighted by Crippen LogP contribution is -2.53. The number of hydrogen-bond acceptors (Lipinski definition) is 10. The summed E-state index contributed by atoms with van der Waals surface area (Å²) in [4.78, 5) is 55.3. The molecule has 0 unspecified atom stereocenters. The zero-order valence-corrected chi connectivity index (χ0v) is 20.0.